The van der Waals surface area contributed by atoms with Crippen LogP contribution in [0.5, 0.6) is 11.5 Å². The van der Waals surface area contributed by atoms with Crippen molar-refractivity contribution in [1.29, 1.82) is 5.26 Å². The normalized spacial score (nSPS) is 12.6. The molecule has 0 saturated heterocycles. The Bertz CT molecular complexity index is 867. The molecule has 5 nitrogen and oxygen atoms in total. The number of halogens is 1. The molecule has 0 spiro atoms. The highest BCUT2D eigenvalue weighted by atomic mass is 79.9. The third-order valence-corrected chi connectivity index (χ3v) is 4.15. The van der Waals surface area contributed by atoms with E-state index in [0.717, 1.165) is 5.56 Å². The van der Waals surface area contributed by atoms with Gasteiger partial charge in [-0.05, 0) is 42.8 Å². The molecule has 0 saturated carbocycles. The number of nitrogens with zero attached hydrogens (tertiary/aromatic N) is 1. The van der Waals surface area contributed by atoms with Crippen LogP contribution in [0.3, 0.4) is 0 Å². The fourth-order valence-corrected chi connectivity index (χ4v) is 2.62. The maximum atomic E-state index is 12.3. The topological polar surface area (TPSA) is 71.4 Å². The second kappa shape index (κ2) is 6.77. The highest BCUT2D eigenvalue weighted by Crippen LogP contribution is 2.37. The molecular formula is C18H13BrN2O3. The van der Waals surface area contributed by atoms with Crippen LogP contribution in [-0.4, -0.2) is 12.7 Å². The number of anilines is 1. The molecule has 3 rings (SSSR count). The van der Waals surface area contributed by atoms with Gasteiger partial charge in [0.1, 0.15) is 11.6 Å². The van der Waals surface area contributed by atoms with Crippen molar-refractivity contribution in [3.05, 3.63) is 57.6 Å². The van der Waals surface area contributed by atoms with Gasteiger partial charge in [0.25, 0.3) is 5.91 Å². The summed E-state index contributed by atoms with van der Waals surface area (Å²) in [6.07, 6.45) is 1.51. The van der Waals surface area contributed by atoms with Gasteiger partial charge in [-0.1, -0.05) is 33.6 Å². The van der Waals surface area contributed by atoms with Crippen molar-refractivity contribution in [1.82, 2.24) is 0 Å². The van der Waals surface area contributed by atoms with Crippen LogP contribution in [0, 0.1) is 18.3 Å². The summed E-state index contributed by atoms with van der Waals surface area (Å²) in [6.45, 7) is 2.12. The zero-order valence-corrected chi connectivity index (χ0v) is 14.4. The van der Waals surface area contributed by atoms with Gasteiger partial charge in [0.2, 0.25) is 6.79 Å². The van der Waals surface area contributed by atoms with Crippen LogP contribution >= 0.6 is 15.9 Å². The van der Waals surface area contributed by atoms with E-state index in [1.54, 1.807) is 24.3 Å². The van der Waals surface area contributed by atoms with Crippen LogP contribution in [0.25, 0.3) is 6.08 Å². The Hall–Kier alpha value is -2.78. The lowest BCUT2D eigenvalue weighted by atomic mass is 10.1. The van der Waals surface area contributed by atoms with Crippen LogP contribution in [0.2, 0.25) is 0 Å². The monoisotopic (exact) mass is 384 g/mol. The summed E-state index contributed by atoms with van der Waals surface area (Å²) < 4.78 is 11.3. The molecule has 1 heterocycles. The predicted octanol–water partition coefficient (Wildman–Crippen LogP) is 4.03. The Kier molecular flexibility index (Phi) is 4.54. The minimum Gasteiger partial charge on any atom is -0.454 e. The average molecular weight is 385 g/mol. The first-order chi connectivity index (χ1) is 11.6. The summed E-state index contributed by atoms with van der Waals surface area (Å²) >= 11 is 3.41. The van der Waals surface area contributed by atoms with E-state index in [1.165, 1.54) is 6.08 Å². The van der Waals surface area contributed by atoms with E-state index >= 15 is 0 Å². The molecule has 0 aromatic heterocycles. The summed E-state index contributed by atoms with van der Waals surface area (Å²) in [6, 6.07) is 12.8. The van der Waals surface area contributed by atoms with E-state index in [0.29, 0.717) is 27.2 Å². The lowest BCUT2D eigenvalue weighted by Crippen LogP contribution is -2.13. The van der Waals surface area contributed by atoms with Crippen LogP contribution in [0.4, 0.5) is 5.69 Å². The summed E-state index contributed by atoms with van der Waals surface area (Å²) in [4.78, 5) is 12.3. The Morgan fingerprint density at radius 3 is 2.58 bits per heavy atom. The summed E-state index contributed by atoms with van der Waals surface area (Å²) in [5.41, 5.74) is 2.38. The van der Waals surface area contributed by atoms with Crippen LogP contribution in [-0.2, 0) is 4.79 Å². The van der Waals surface area contributed by atoms with Gasteiger partial charge in [-0.25, -0.2) is 0 Å². The van der Waals surface area contributed by atoms with Crippen LogP contribution < -0.4 is 14.8 Å². The number of amides is 1. The number of fused-ring (bicyclic) bond motifs is 1. The van der Waals surface area contributed by atoms with Gasteiger partial charge in [-0.15, -0.1) is 0 Å². The fraction of sp³-hybridized carbons (Fsp3) is 0.111. The molecule has 6 heteroatoms. The molecule has 120 valence electrons. The summed E-state index contributed by atoms with van der Waals surface area (Å²) in [7, 11) is 0. The molecular weight excluding hydrogens is 372 g/mol. The van der Waals surface area contributed by atoms with Gasteiger partial charge in [-0.2, -0.15) is 5.26 Å². The van der Waals surface area contributed by atoms with Gasteiger partial charge in [-0.3, -0.25) is 4.79 Å². The molecule has 0 aliphatic carbocycles. The lowest BCUT2D eigenvalue weighted by molar-refractivity contribution is -0.112. The largest absolute Gasteiger partial charge is 0.454 e. The highest BCUT2D eigenvalue weighted by Gasteiger charge is 2.17. The standard InChI is InChI=1S/C18H13BrN2O3/c1-11-2-4-14(5-3-11)21-18(22)13(9-20)6-12-7-16-17(8-15(12)19)24-10-23-16/h2-8H,10H2,1H3,(H,21,22). The number of rotatable bonds is 3. The molecule has 0 bridgehead atoms. The minimum absolute atomic E-state index is 0.00450. The molecule has 0 atom stereocenters. The smallest absolute Gasteiger partial charge is 0.266 e. The Balaban J connectivity index is 1.85. The fourth-order valence-electron chi connectivity index (χ4n) is 2.18. The highest BCUT2D eigenvalue weighted by molar-refractivity contribution is 9.10. The van der Waals surface area contributed by atoms with Gasteiger partial charge in [0.15, 0.2) is 11.5 Å². The van der Waals surface area contributed by atoms with Crippen molar-refractivity contribution in [2.24, 2.45) is 0 Å². The molecule has 0 unspecified atom stereocenters. The van der Waals surface area contributed by atoms with Crippen LogP contribution in [0.1, 0.15) is 11.1 Å². The van der Waals surface area contributed by atoms with E-state index in [9.17, 15) is 10.1 Å². The predicted molar refractivity (Wildman–Crippen MR) is 93.7 cm³/mol. The molecule has 1 amide bonds. The van der Waals surface area contributed by atoms with Gasteiger partial charge >= 0.3 is 0 Å². The minimum atomic E-state index is -0.467. The molecule has 1 aliphatic rings. The number of nitriles is 1. The zero-order chi connectivity index (χ0) is 17.1. The third kappa shape index (κ3) is 3.42. The lowest BCUT2D eigenvalue weighted by Gasteiger charge is -2.06. The Morgan fingerprint density at radius 1 is 1.25 bits per heavy atom. The van der Waals surface area contributed by atoms with E-state index in [-0.39, 0.29) is 12.4 Å². The average Bonchev–Trinajstić information content (AvgIpc) is 3.01. The van der Waals surface area contributed by atoms with Crippen molar-refractivity contribution in [3.63, 3.8) is 0 Å². The second-order valence-electron chi connectivity index (χ2n) is 5.22. The Labute approximate surface area is 147 Å². The van der Waals surface area contributed by atoms with E-state index in [1.807, 2.05) is 25.1 Å². The second-order valence-corrected chi connectivity index (χ2v) is 6.07. The van der Waals surface area contributed by atoms with Crippen molar-refractivity contribution >= 4 is 33.6 Å². The number of carbonyl (C=O) groups is 1. The van der Waals surface area contributed by atoms with Crippen LogP contribution in [0.15, 0.2) is 46.4 Å². The Morgan fingerprint density at radius 2 is 1.92 bits per heavy atom. The zero-order valence-electron chi connectivity index (χ0n) is 12.8. The third-order valence-electron chi connectivity index (χ3n) is 3.47. The van der Waals surface area contributed by atoms with Gasteiger partial charge < -0.3 is 14.8 Å². The van der Waals surface area contributed by atoms with Crippen molar-refractivity contribution < 1.29 is 14.3 Å². The van der Waals surface area contributed by atoms with Gasteiger partial charge in [0.05, 0.1) is 0 Å². The molecule has 1 N–H and O–H groups in total. The number of benzene rings is 2. The van der Waals surface area contributed by atoms with Crippen molar-refractivity contribution in [2.75, 3.05) is 12.1 Å². The van der Waals surface area contributed by atoms with E-state index in [4.69, 9.17) is 9.47 Å². The number of hydrogen-bond acceptors (Lipinski definition) is 4. The molecule has 2 aromatic carbocycles. The maximum absolute atomic E-state index is 12.3. The number of carbonyl (C=O) groups excluding carboxylic acids is 1. The SMILES string of the molecule is Cc1ccc(NC(=O)C(C#N)=Cc2cc3c(cc2Br)OCO3)cc1. The molecule has 1 aliphatic heterocycles. The first kappa shape index (κ1) is 16.1. The first-order valence-corrected chi connectivity index (χ1v) is 7.95. The van der Waals surface area contributed by atoms with Crippen molar-refractivity contribution in [3.8, 4) is 17.6 Å². The maximum Gasteiger partial charge on any atom is 0.266 e. The summed E-state index contributed by atoms with van der Waals surface area (Å²) in [5, 5.41) is 12.0. The van der Waals surface area contributed by atoms with E-state index in [2.05, 4.69) is 21.2 Å². The van der Waals surface area contributed by atoms with Gasteiger partial charge in [0, 0.05) is 10.2 Å². The number of ether oxygens (including phenoxy) is 2. The first-order valence-electron chi connectivity index (χ1n) is 7.16. The van der Waals surface area contributed by atoms with E-state index < -0.39 is 5.91 Å². The van der Waals surface area contributed by atoms with Crippen molar-refractivity contribution in [2.45, 2.75) is 6.92 Å². The quantitative estimate of drug-likeness (QED) is 0.640. The molecule has 0 fully saturated rings. The molecule has 2 aromatic rings. The molecule has 0 radical (unpaired) electrons. The number of aryl methyl sites for hydroxylation is 1. The number of nitrogens with one attached hydrogen (secondary N) is 1. The molecule has 24 heavy (non-hydrogen) atoms. The number of hydrogen-bond donors (Lipinski definition) is 1. The summed E-state index contributed by atoms with van der Waals surface area (Å²) in [5.74, 6) is 0.744.